The highest BCUT2D eigenvalue weighted by Gasteiger charge is 2.18. The first-order chi connectivity index (χ1) is 8.39. The van der Waals surface area contributed by atoms with Gasteiger partial charge in [-0.15, -0.1) is 0 Å². The Balaban J connectivity index is 2.36. The van der Waals surface area contributed by atoms with Crippen molar-refractivity contribution in [2.45, 2.75) is 34.6 Å². The normalized spacial score (nSPS) is 11.9. The molecule has 0 fully saturated rings. The summed E-state index contributed by atoms with van der Waals surface area (Å²) in [6, 6.07) is 8.22. The summed E-state index contributed by atoms with van der Waals surface area (Å²) in [5, 5.41) is 3.49. The summed E-state index contributed by atoms with van der Waals surface area (Å²) in [6.45, 7) is 13.8. The van der Waals surface area contributed by atoms with E-state index in [2.05, 4.69) is 52.1 Å². The van der Waals surface area contributed by atoms with Crippen LogP contribution in [0, 0.1) is 18.3 Å². The summed E-state index contributed by atoms with van der Waals surface area (Å²) in [4.78, 5) is 0. The van der Waals surface area contributed by atoms with Crippen LogP contribution in [0.2, 0.25) is 0 Å². The molecule has 1 rings (SSSR count). The number of rotatable bonds is 7. The molecule has 0 radical (unpaired) electrons. The fraction of sp³-hybridized carbons (Fsp3) is 0.625. The quantitative estimate of drug-likeness (QED) is 0.796. The van der Waals surface area contributed by atoms with E-state index in [0.29, 0.717) is 5.92 Å². The second-order valence-electron chi connectivity index (χ2n) is 6.29. The number of nitrogens with one attached hydrogen (secondary N) is 1. The van der Waals surface area contributed by atoms with Crippen LogP contribution in [0.5, 0.6) is 5.75 Å². The van der Waals surface area contributed by atoms with Crippen molar-refractivity contribution in [3.63, 3.8) is 0 Å². The van der Waals surface area contributed by atoms with E-state index in [-0.39, 0.29) is 5.41 Å². The van der Waals surface area contributed by atoms with E-state index in [0.717, 1.165) is 25.4 Å². The van der Waals surface area contributed by atoms with Crippen molar-refractivity contribution in [2.24, 2.45) is 11.3 Å². The van der Waals surface area contributed by atoms with Gasteiger partial charge in [0.25, 0.3) is 0 Å². The van der Waals surface area contributed by atoms with Crippen LogP contribution in [0.25, 0.3) is 0 Å². The largest absolute Gasteiger partial charge is 0.493 e. The number of aryl methyl sites for hydroxylation is 1. The molecule has 0 heterocycles. The van der Waals surface area contributed by atoms with Crippen LogP contribution in [0.4, 0.5) is 0 Å². The number of hydrogen-bond donors (Lipinski definition) is 1. The molecule has 2 heteroatoms. The van der Waals surface area contributed by atoms with E-state index in [1.807, 2.05) is 12.1 Å². The van der Waals surface area contributed by atoms with Gasteiger partial charge in [-0.05, 0) is 37.1 Å². The maximum absolute atomic E-state index is 5.87. The van der Waals surface area contributed by atoms with E-state index in [4.69, 9.17) is 4.74 Å². The van der Waals surface area contributed by atoms with E-state index in [1.54, 1.807) is 0 Å². The van der Waals surface area contributed by atoms with Gasteiger partial charge in [-0.3, -0.25) is 0 Å². The van der Waals surface area contributed by atoms with Crippen LogP contribution >= 0.6 is 0 Å². The Morgan fingerprint density at radius 2 is 2.00 bits per heavy atom. The summed E-state index contributed by atoms with van der Waals surface area (Å²) >= 11 is 0. The van der Waals surface area contributed by atoms with Gasteiger partial charge in [-0.25, -0.2) is 0 Å². The van der Waals surface area contributed by atoms with Gasteiger partial charge in [0.05, 0.1) is 6.61 Å². The molecular weight excluding hydrogens is 222 g/mol. The maximum atomic E-state index is 5.87. The molecule has 102 valence electrons. The van der Waals surface area contributed by atoms with Gasteiger partial charge >= 0.3 is 0 Å². The van der Waals surface area contributed by atoms with Crippen LogP contribution < -0.4 is 10.1 Å². The van der Waals surface area contributed by atoms with E-state index in [9.17, 15) is 0 Å². The standard InChI is InChI=1S/C16H27NO/c1-13(2)10-17-11-16(4,5)12-18-15-8-6-7-14(3)9-15/h6-9,13,17H,10-12H2,1-5H3. The Morgan fingerprint density at radius 1 is 1.28 bits per heavy atom. The van der Waals surface area contributed by atoms with Gasteiger partial charge in [0.15, 0.2) is 0 Å². The fourth-order valence-corrected chi connectivity index (χ4v) is 1.73. The van der Waals surface area contributed by atoms with Crippen molar-refractivity contribution < 1.29 is 4.74 Å². The molecule has 0 aromatic heterocycles. The zero-order valence-corrected chi connectivity index (χ0v) is 12.4. The molecule has 1 N–H and O–H groups in total. The van der Waals surface area contributed by atoms with Gasteiger partial charge in [0.2, 0.25) is 0 Å². The summed E-state index contributed by atoms with van der Waals surface area (Å²) < 4.78 is 5.87. The first kappa shape index (κ1) is 15.0. The highest BCUT2D eigenvalue weighted by atomic mass is 16.5. The predicted molar refractivity (Wildman–Crippen MR) is 78.2 cm³/mol. The Bertz CT molecular complexity index is 358. The van der Waals surface area contributed by atoms with Crippen molar-refractivity contribution in [2.75, 3.05) is 19.7 Å². The lowest BCUT2D eigenvalue weighted by molar-refractivity contribution is 0.175. The molecule has 0 aliphatic carbocycles. The molecular formula is C16H27NO. The van der Waals surface area contributed by atoms with Crippen molar-refractivity contribution in [3.8, 4) is 5.75 Å². The Labute approximate surface area is 112 Å². The zero-order chi connectivity index (χ0) is 13.6. The highest BCUT2D eigenvalue weighted by Crippen LogP contribution is 2.18. The lowest BCUT2D eigenvalue weighted by Gasteiger charge is -2.25. The van der Waals surface area contributed by atoms with Gasteiger partial charge < -0.3 is 10.1 Å². The minimum atomic E-state index is 0.151. The first-order valence-corrected chi connectivity index (χ1v) is 6.79. The van der Waals surface area contributed by atoms with E-state index in [1.165, 1.54) is 5.56 Å². The number of benzene rings is 1. The molecule has 1 aromatic rings. The third-order valence-electron chi connectivity index (χ3n) is 2.78. The minimum absolute atomic E-state index is 0.151. The third kappa shape index (κ3) is 6.06. The smallest absolute Gasteiger partial charge is 0.119 e. The maximum Gasteiger partial charge on any atom is 0.119 e. The average molecular weight is 249 g/mol. The molecule has 0 amide bonds. The fourth-order valence-electron chi connectivity index (χ4n) is 1.73. The Morgan fingerprint density at radius 3 is 2.61 bits per heavy atom. The summed E-state index contributed by atoms with van der Waals surface area (Å²) in [5.74, 6) is 1.66. The molecule has 0 saturated heterocycles. The van der Waals surface area contributed by atoms with Gasteiger partial charge in [-0.2, -0.15) is 0 Å². The van der Waals surface area contributed by atoms with Crippen molar-refractivity contribution >= 4 is 0 Å². The molecule has 18 heavy (non-hydrogen) atoms. The lowest BCUT2D eigenvalue weighted by Crippen LogP contribution is -2.35. The number of ether oxygens (including phenoxy) is 1. The van der Waals surface area contributed by atoms with E-state index < -0.39 is 0 Å². The monoisotopic (exact) mass is 249 g/mol. The summed E-state index contributed by atoms with van der Waals surface area (Å²) in [6.07, 6.45) is 0. The molecule has 0 saturated carbocycles. The second kappa shape index (κ2) is 6.79. The van der Waals surface area contributed by atoms with Crippen molar-refractivity contribution in [1.82, 2.24) is 5.32 Å². The van der Waals surface area contributed by atoms with E-state index >= 15 is 0 Å². The van der Waals surface area contributed by atoms with Crippen molar-refractivity contribution in [1.29, 1.82) is 0 Å². The molecule has 0 unspecified atom stereocenters. The molecule has 0 bridgehead atoms. The van der Waals surface area contributed by atoms with Gasteiger partial charge in [-0.1, -0.05) is 39.8 Å². The SMILES string of the molecule is Cc1cccc(OCC(C)(C)CNCC(C)C)c1. The molecule has 0 spiro atoms. The lowest BCUT2D eigenvalue weighted by atomic mass is 9.94. The molecule has 1 aromatic carbocycles. The Kier molecular flexibility index (Phi) is 5.67. The van der Waals surface area contributed by atoms with Crippen LogP contribution in [0.3, 0.4) is 0 Å². The predicted octanol–water partition coefficient (Wildman–Crippen LogP) is 3.65. The van der Waals surface area contributed by atoms with Gasteiger partial charge in [0, 0.05) is 12.0 Å². The summed E-state index contributed by atoms with van der Waals surface area (Å²) in [5.41, 5.74) is 1.39. The topological polar surface area (TPSA) is 21.3 Å². The number of hydrogen-bond acceptors (Lipinski definition) is 2. The summed E-state index contributed by atoms with van der Waals surface area (Å²) in [7, 11) is 0. The molecule has 0 aliphatic heterocycles. The van der Waals surface area contributed by atoms with Crippen LogP contribution in [-0.4, -0.2) is 19.7 Å². The zero-order valence-electron chi connectivity index (χ0n) is 12.4. The average Bonchev–Trinajstić information content (AvgIpc) is 2.26. The van der Waals surface area contributed by atoms with Crippen molar-refractivity contribution in [3.05, 3.63) is 29.8 Å². The third-order valence-corrected chi connectivity index (χ3v) is 2.78. The van der Waals surface area contributed by atoms with Crippen LogP contribution in [0.15, 0.2) is 24.3 Å². The molecule has 0 aliphatic rings. The molecule has 2 nitrogen and oxygen atoms in total. The Hall–Kier alpha value is -1.02. The minimum Gasteiger partial charge on any atom is -0.493 e. The van der Waals surface area contributed by atoms with Gasteiger partial charge in [0.1, 0.15) is 5.75 Å². The highest BCUT2D eigenvalue weighted by molar-refractivity contribution is 5.27. The molecule has 0 atom stereocenters. The van der Waals surface area contributed by atoms with Crippen LogP contribution in [0.1, 0.15) is 33.3 Å². The first-order valence-electron chi connectivity index (χ1n) is 6.79. The van der Waals surface area contributed by atoms with Crippen LogP contribution in [-0.2, 0) is 0 Å². The second-order valence-corrected chi connectivity index (χ2v) is 6.29.